The highest BCUT2D eigenvalue weighted by atomic mass is 32.2. The molecule has 1 aromatic heterocycles. The highest BCUT2D eigenvalue weighted by molar-refractivity contribution is 7.89. The van der Waals surface area contributed by atoms with Gasteiger partial charge in [0.25, 0.3) is 0 Å². The maximum absolute atomic E-state index is 12.8. The Balaban J connectivity index is 1.48. The van der Waals surface area contributed by atoms with Crippen LogP contribution in [0.1, 0.15) is 63.3 Å². The first kappa shape index (κ1) is 23.2. The molecule has 0 unspecified atom stereocenters. The number of nitrogens with zero attached hydrogens (tertiary/aromatic N) is 4. The maximum Gasteiger partial charge on any atom is 0.214 e. The largest absolute Gasteiger partial charge is 0.345 e. The van der Waals surface area contributed by atoms with E-state index < -0.39 is 10.0 Å². The smallest absolute Gasteiger partial charge is 0.214 e. The zero-order chi connectivity index (χ0) is 21.2. The van der Waals surface area contributed by atoms with Crippen LogP contribution in [0.3, 0.4) is 0 Å². The molecule has 166 valence electrons. The van der Waals surface area contributed by atoms with Crippen LogP contribution in [0.15, 0.2) is 30.3 Å². The zero-order valence-electron chi connectivity index (χ0n) is 18.0. The fraction of sp³-hybridized carbons (Fsp3) is 0.636. The minimum Gasteiger partial charge on any atom is -0.345 e. The van der Waals surface area contributed by atoms with Crippen LogP contribution >= 0.6 is 11.5 Å². The van der Waals surface area contributed by atoms with Crippen molar-refractivity contribution in [3.8, 4) is 0 Å². The average molecular weight is 451 g/mol. The summed E-state index contributed by atoms with van der Waals surface area (Å²) in [5.41, 5.74) is 1.20. The van der Waals surface area contributed by atoms with E-state index in [4.69, 9.17) is 4.98 Å². The molecule has 1 aliphatic rings. The molecule has 0 spiro atoms. The SMILES string of the molecule is CCCCCCCCS(=O)(=O)N1CCCN(c2nc(Cc3ccccc3)ns2)CC1. The average Bonchev–Trinajstić information content (AvgIpc) is 3.05. The predicted octanol–water partition coefficient (Wildman–Crippen LogP) is 4.33. The van der Waals surface area contributed by atoms with E-state index in [1.165, 1.54) is 36.4 Å². The van der Waals surface area contributed by atoms with Crippen molar-refractivity contribution < 1.29 is 8.42 Å². The van der Waals surface area contributed by atoms with Crippen molar-refractivity contribution >= 4 is 26.7 Å². The lowest BCUT2D eigenvalue weighted by Gasteiger charge is -2.21. The summed E-state index contributed by atoms with van der Waals surface area (Å²) in [4.78, 5) is 6.90. The Morgan fingerprint density at radius 2 is 1.73 bits per heavy atom. The minimum absolute atomic E-state index is 0.277. The molecule has 3 rings (SSSR count). The Kier molecular flexibility index (Phi) is 9.08. The molecule has 0 atom stereocenters. The van der Waals surface area contributed by atoms with Crippen LogP contribution in [0, 0.1) is 0 Å². The normalized spacial score (nSPS) is 16.0. The van der Waals surface area contributed by atoms with Gasteiger partial charge in [-0.05, 0) is 18.4 Å². The number of rotatable bonds is 11. The molecule has 1 saturated heterocycles. The van der Waals surface area contributed by atoms with Crippen molar-refractivity contribution in [2.24, 2.45) is 0 Å². The van der Waals surface area contributed by atoms with Gasteiger partial charge in [-0.1, -0.05) is 69.4 Å². The van der Waals surface area contributed by atoms with Crippen LogP contribution in [0.25, 0.3) is 0 Å². The molecule has 0 saturated carbocycles. The molecule has 0 amide bonds. The van der Waals surface area contributed by atoms with E-state index in [9.17, 15) is 8.42 Å². The molecule has 0 aliphatic carbocycles. The number of aromatic nitrogens is 2. The summed E-state index contributed by atoms with van der Waals surface area (Å²) in [6, 6.07) is 10.2. The Hall–Kier alpha value is -1.51. The minimum atomic E-state index is -3.17. The molecule has 1 aromatic carbocycles. The van der Waals surface area contributed by atoms with E-state index in [0.717, 1.165) is 49.6 Å². The van der Waals surface area contributed by atoms with E-state index in [-0.39, 0.29) is 5.75 Å². The van der Waals surface area contributed by atoms with Gasteiger partial charge in [-0.25, -0.2) is 17.7 Å². The van der Waals surface area contributed by atoms with Gasteiger partial charge in [-0.15, -0.1) is 0 Å². The summed E-state index contributed by atoms with van der Waals surface area (Å²) in [6.45, 7) is 4.83. The molecule has 2 aromatic rings. The first-order valence-electron chi connectivity index (χ1n) is 11.2. The lowest BCUT2D eigenvalue weighted by atomic mass is 10.1. The second-order valence-electron chi connectivity index (χ2n) is 7.98. The monoisotopic (exact) mass is 450 g/mol. The van der Waals surface area contributed by atoms with Gasteiger partial charge < -0.3 is 4.90 Å². The summed E-state index contributed by atoms with van der Waals surface area (Å²) in [5.74, 6) is 1.11. The third kappa shape index (κ3) is 7.03. The van der Waals surface area contributed by atoms with Crippen molar-refractivity contribution in [3.63, 3.8) is 0 Å². The third-order valence-corrected chi connectivity index (χ3v) is 8.31. The van der Waals surface area contributed by atoms with Gasteiger partial charge in [0, 0.05) is 44.1 Å². The molecule has 1 aliphatic heterocycles. The van der Waals surface area contributed by atoms with Crippen LogP contribution in [0.2, 0.25) is 0 Å². The molecule has 30 heavy (non-hydrogen) atoms. The van der Waals surface area contributed by atoms with Gasteiger partial charge in [0.05, 0.1) is 5.75 Å². The number of sulfonamides is 1. The zero-order valence-corrected chi connectivity index (χ0v) is 19.6. The molecular formula is C22H34N4O2S2. The highest BCUT2D eigenvalue weighted by Crippen LogP contribution is 2.21. The highest BCUT2D eigenvalue weighted by Gasteiger charge is 2.26. The lowest BCUT2D eigenvalue weighted by Crippen LogP contribution is -2.36. The topological polar surface area (TPSA) is 66.4 Å². The Morgan fingerprint density at radius 1 is 0.967 bits per heavy atom. The lowest BCUT2D eigenvalue weighted by molar-refractivity contribution is 0.431. The van der Waals surface area contributed by atoms with Gasteiger partial charge >= 0.3 is 0 Å². The van der Waals surface area contributed by atoms with E-state index in [1.807, 2.05) is 18.2 Å². The van der Waals surface area contributed by atoms with Crippen LogP contribution in [0.4, 0.5) is 5.13 Å². The molecule has 1 fully saturated rings. The summed E-state index contributed by atoms with van der Waals surface area (Å²) >= 11 is 1.41. The summed E-state index contributed by atoms with van der Waals surface area (Å²) in [6.07, 6.45) is 8.13. The third-order valence-electron chi connectivity index (χ3n) is 5.54. The first-order chi connectivity index (χ1) is 14.6. The summed E-state index contributed by atoms with van der Waals surface area (Å²) in [5, 5.41) is 0.899. The van der Waals surface area contributed by atoms with Crippen LogP contribution in [-0.2, 0) is 16.4 Å². The van der Waals surface area contributed by atoms with Crippen molar-refractivity contribution in [1.82, 2.24) is 13.7 Å². The quantitative estimate of drug-likeness (QED) is 0.477. The molecule has 2 heterocycles. The number of benzene rings is 1. The van der Waals surface area contributed by atoms with Crippen LogP contribution in [0.5, 0.6) is 0 Å². The predicted molar refractivity (Wildman–Crippen MR) is 125 cm³/mol. The van der Waals surface area contributed by atoms with E-state index in [0.29, 0.717) is 19.6 Å². The van der Waals surface area contributed by atoms with Crippen molar-refractivity contribution in [1.29, 1.82) is 0 Å². The van der Waals surface area contributed by atoms with Crippen molar-refractivity contribution in [2.45, 2.75) is 58.3 Å². The summed E-state index contributed by atoms with van der Waals surface area (Å²) in [7, 11) is -3.17. The molecule has 0 radical (unpaired) electrons. The second-order valence-corrected chi connectivity index (χ2v) is 10.8. The number of unbranched alkanes of at least 4 members (excludes halogenated alkanes) is 5. The second kappa shape index (κ2) is 11.8. The Labute approximate surface area is 185 Å². The molecule has 0 bridgehead atoms. The maximum atomic E-state index is 12.8. The molecular weight excluding hydrogens is 416 g/mol. The van der Waals surface area contributed by atoms with Gasteiger partial charge in [0.2, 0.25) is 15.2 Å². The number of hydrogen-bond donors (Lipinski definition) is 0. The van der Waals surface area contributed by atoms with Gasteiger partial charge in [-0.2, -0.15) is 4.37 Å². The Bertz CT molecular complexity index is 855. The van der Waals surface area contributed by atoms with Gasteiger partial charge in [0.15, 0.2) is 0 Å². The molecule has 0 N–H and O–H groups in total. The van der Waals surface area contributed by atoms with E-state index in [2.05, 4.69) is 28.3 Å². The molecule has 8 heteroatoms. The standard InChI is InChI=1S/C22H34N4O2S2/c1-2-3-4-5-6-10-18-30(27,28)26-15-11-14-25(16-17-26)22-23-21(24-29-22)19-20-12-8-7-9-13-20/h7-9,12-13H,2-6,10-11,14-19H2,1H3. The summed E-state index contributed by atoms with van der Waals surface area (Å²) < 4.78 is 31.7. The van der Waals surface area contributed by atoms with Crippen molar-refractivity contribution in [2.75, 3.05) is 36.8 Å². The van der Waals surface area contributed by atoms with Crippen LogP contribution < -0.4 is 4.90 Å². The Morgan fingerprint density at radius 3 is 2.53 bits per heavy atom. The van der Waals surface area contributed by atoms with Gasteiger partial charge in [-0.3, -0.25) is 0 Å². The number of anilines is 1. The number of hydrogen-bond acceptors (Lipinski definition) is 6. The van der Waals surface area contributed by atoms with Gasteiger partial charge in [0.1, 0.15) is 5.82 Å². The van der Waals surface area contributed by atoms with Crippen molar-refractivity contribution in [3.05, 3.63) is 41.7 Å². The van der Waals surface area contributed by atoms with Crippen LogP contribution in [-0.4, -0.2) is 54.0 Å². The fourth-order valence-electron chi connectivity index (χ4n) is 3.78. The fourth-order valence-corrected chi connectivity index (χ4v) is 6.11. The first-order valence-corrected chi connectivity index (χ1v) is 13.6. The van der Waals surface area contributed by atoms with E-state index >= 15 is 0 Å². The molecule has 6 nitrogen and oxygen atoms in total. The van der Waals surface area contributed by atoms with E-state index in [1.54, 1.807) is 4.31 Å².